The molecular weight excluding hydrogens is 580 g/mol. The second-order valence-corrected chi connectivity index (χ2v) is 9.01. The molecule has 0 saturated heterocycles. The van der Waals surface area contributed by atoms with Crippen molar-refractivity contribution in [2.75, 3.05) is 65.8 Å². The molecule has 0 aliphatic heterocycles. The van der Waals surface area contributed by atoms with E-state index in [2.05, 4.69) is 20.6 Å². The van der Waals surface area contributed by atoms with Crippen molar-refractivity contribution in [2.45, 2.75) is 44.9 Å². The third-order valence-corrected chi connectivity index (χ3v) is 5.64. The molecule has 1 rings (SSSR count). The Hall–Kier alpha value is -4.58. The molecule has 0 atom stereocenters. The van der Waals surface area contributed by atoms with Crippen LogP contribution in [0.25, 0.3) is 0 Å². The van der Waals surface area contributed by atoms with Gasteiger partial charge in [0.1, 0.15) is 26.4 Å². The van der Waals surface area contributed by atoms with Crippen LogP contribution >= 0.6 is 0 Å². The fourth-order valence-corrected chi connectivity index (χ4v) is 3.40. The predicted octanol–water partition coefficient (Wildman–Crippen LogP) is 2.87. The lowest BCUT2D eigenvalue weighted by Gasteiger charge is -2.09. The molecule has 15 heteroatoms. The molecule has 0 aromatic heterocycles. The van der Waals surface area contributed by atoms with E-state index in [1.54, 1.807) is 0 Å². The molecule has 0 spiro atoms. The molecule has 15 nitrogen and oxygen atoms in total. The van der Waals surface area contributed by atoms with Gasteiger partial charge < -0.3 is 34.3 Å². The minimum atomic E-state index is -0.640. The molecule has 2 N–H and O–H groups in total. The van der Waals surface area contributed by atoms with Gasteiger partial charge in [-0.05, 0) is 56.4 Å². The molecule has 1 aromatic carbocycles. The second kappa shape index (κ2) is 26.1. The van der Waals surface area contributed by atoms with E-state index in [4.69, 9.17) is 23.7 Å². The van der Waals surface area contributed by atoms with Crippen LogP contribution in [0.5, 0.6) is 0 Å². The monoisotopic (exact) mass is 620 g/mol. The first kappa shape index (κ1) is 37.4. The van der Waals surface area contributed by atoms with Crippen LogP contribution in [0.4, 0.5) is 9.59 Å². The van der Waals surface area contributed by atoms with Crippen molar-refractivity contribution < 1.29 is 52.5 Å². The zero-order valence-corrected chi connectivity index (χ0v) is 24.7. The maximum Gasteiger partial charge on any atom is 0.407 e. The smallest absolute Gasteiger partial charge is 0.407 e. The Bertz CT molecular complexity index is 1090. The standard InChI is InChI=1S/C29H40N4O11/c34-22-30-12-4-1-2-6-14-32-29(39)44-21-20-42-27(37)25-10-8-24(9-11-25)26(36)41-18-16-40-17-19-43-28(38)33-15-7-3-5-13-31-23-35/h8-11H,1-7,12-21H2,(H,32,39)(H,33,38). The number of aliphatic imine (C=N–C) groups is 2. The summed E-state index contributed by atoms with van der Waals surface area (Å²) in [5.74, 6) is -1.24. The largest absolute Gasteiger partial charge is 0.460 e. The summed E-state index contributed by atoms with van der Waals surface area (Å²) in [7, 11) is 0. The summed E-state index contributed by atoms with van der Waals surface area (Å²) >= 11 is 0. The van der Waals surface area contributed by atoms with Gasteiger partial charge in [-0.2, -0.15) is 0 Å². The molecule has 0 fully saturated rings. The number of alkyl carbamates (subject to hydrolysis) is 2. The summed E-state index contributed by atoms with van der Waals surface area (Å²) in [5.41, 5.74) is 0.439. The lowest BCUT2D eigenvalue weighted by Crippen LogP contribution is -2.26. The normalized spacial score (nSPS) is 10.0. The van der Waals surface area contributed by atoms with Crippen molar-refractivity contribution in [3.8, 4) is 0 Å². The number of isocyanates is 2. The average molecular weight is 621 g/mol. The number of unbranched alkanes of at least 4 members (excludes halogenated alkanes) is 5. The van der Waals surface area contributed by atoms with E-state index < -0.39 is 24.1 Å². The van der Waals surface area contributed by atoms with Crippen molar-refractivity contribution in [3.05, 3.63) is 35.4 Å². The van der Waals surface area contributed by atoms with E-state index in [-0.39, 0.29) is 50.8 Å². The summed E-state index contributed by atoms with van der Waals surface area (Å²) in [6.45, 7) is 1.77. The third-order valence-electron chi connectivity index (χ3n) is 5.64. The van der Waals surface area contributed by atoms with Crippen molar-refractivity contribution in [1.82, 2.24) is 10.6 Å². The number of esters is 2. The number of nitrogens with one attached hydrogen (secondary N) is 2. The van der Waals surface area contributed by atoms with Crippen LogP contribution in [-0.2, 0) is 33.3 Å². The Labute approximate surface area is 255 Å². The lowest BCUT2D eigenvalue weighted by molar-refractivity contribution is 0.0234. The Balaban J connectivity index is 2.07. The number of benzene rings is 1. The SMILES string of the molecule is O=C=NCCCCCCNC(=O)OCCOC(=O)c1ccc(C(=O)OCCOCCOC(=O)NCCCCCN=C=O)cc1. The van der Waals surface area contributed by atoms with Crippen molar-refractivity contribution >= 4 is 36.3 Å². The van der Waals surface area contributed by atoms with Crippen LogP contribution in [-0.4, -0.2) is 102 Å². The molecule has 0 unspecified atom stereocenters. The Morgan fingerprint density at radius 1 is 0.545 bits per heavy atom. The van der Waals surface area contributed by atoms with E-state index in [0.717, 1.165) is 44.9 Å². The fraction of sp³-hybridized carbons (Fsp3) is 0.586. The molecule has 1 aromatic rings. The van der Waals surface area contributed by atoms with E-state index in [1.165, 1.54) is 36.4 Å². The first-order valence-electron chi connectivity index (χ1n) is 14.4. The van der Waals surface area contributed by atoms with Gasteiger partial charge in [0.25, 0.3) is 0 Å². The van der Waals surface area contributed by atoms with Crippen LogP contribution in [0.1, 0.15) is 65.7 Å². The summed E-state index contributed by atoms with van der Waals surface area (Å²) in [6.07, 6.45) is 7.40. The van der Waals surface area contributed by atoms with E-state index in [0.29, 0.717) is 26.2 Å². The first-order chi connectivity index (χ1) is 21.5. The molecule has 0 saturated carbocycles. The van der Waals surface area contributed by atoms with Crippen LogP contribution in [0.15, 0.2) is 34.3 Å². The highest BCUT2D eigenvalue weighted by Crippen LogP contribution is 2.08. The highest BCUT2D eigenvalue weighted by Gasteiger charge is 2.12. The van der Waals surface area contributed by atoms with Gasteiger partial charge in [0, 0.05) is 13.1 Å². The number of nitrogens with zero attached hydrogens (tertiary/aromatic N) is 2. The fourth-order valence-electron chi connectivity index (χ4n) is 3.40. The minimum absolute atomic E-state index is 0.0193. The summed E-state index contributed by atoms with van der Waals surface area (Å²) < 4.78 is 25.4. The topological polar surface area (TPSA) is 197 Å². The quantitative estimate of drug-likeness (QED) is 0.0566. The first-order valence-corrected chi connectivity index (χ1v) is 14.4. The van der Waals surface area contributed by atoms with Gasteiger partial charge in [0.2, 0.25) is 12.2 Å². The van der Waals surface area contributed by atoms with Gasteiger partial charge in [-0.15, -0.1) is 0 Å². The van der Waals surface area contributed by atoms with E-state index in [9.17, 15) is 28.8 Å². The molecule has 0 aliphatic rings. The lowest BCUT2D eigenvalue weighted by atomic mass is 10.1. The van der Waals surface area contributed by atoms with Crippen LogP contribution in [0, 0.1) is 0 Å². The van der Waals surface area contributed by atoms with E-state index in [1.807, 2.05) is 0 Å². The summed E-state index contributed by atoms with van der Waals surface area (Å²) in [4.78, 5) is 74.4. The molecular formula is C29H40N4O11. The highest BCUT2D eigenvalue weighted by atomic mass is 16.6. The Morgan fingerprint density at radius 2 is 0.932 bits per heavy atom. The second-order valence-electron chi connectivity index (χ2n) is 9.01. The zero-order valence-electron chi connectivity index (χ0n) is 24.7. The average Bonchev–Trinajstić information content (AvgIpc) is 3.03. The molecule has 0 heterocycles. The number of carbonyl (C=O) groups is 4. The minimum Gasteiger partial charge on any atom is -0.460 e. The zero-order chi connectivity index (χ0) is 32.1. The number of amides is 2. The van der Waals surface area contributed by atoms with Gasteiger partial charge in [-0.3, -0.25) is 0 Å². The van der Waals surface area contributed by atoms with Crippen LogP contribution in [0.2, 0.25) is 0 Å². The predicted molar refractivity (Wildman–Crippen MR) is 155 cm³/mol. The van der Waals surface area contributed by atoms with Gasteiger partial charge in [0.15, 0.2) is 0 Å². The third kappa shape index (κ3) is 20.3. The summed E-state index contributed by atoms with van der Waals surface area (Å²) in [5, 5.41) is 5.20. The van der Waals surface area contributed by atoms with Crippen molar-refractivity contribution in [1.29, 1.82) is 0 Å². The van der Waals surface area contributed by atoms with Gasteiger partial charge in [-0.1, -0.05) is 12.8 Å². The van der Waals surface area contributed by atoms with Gasteiger partial charge in [-0.25, -0.2) is 38.8 Å². The number of hydrogen-bond acceptors (Lipinski definition) is 13. The van der Waals surface area contributed by atoms with Crippen molar-refractivity contribution in [3.63, 3.8) is 0 Å². The van der Waals surface area contributed by atoms with E-state index >= 15 is 0 Å². The molecule has 242 valence electrons. The van der Waals surface area contributed by atoms with Gasteiger partial charge >= 0.3 is 24.1 Å². The van der Waals surface area contributed by atoms with Crippen LogP contribution in [0.3, 0.4) is 0 Å². The Kier molecular flexibility index (Phi) is 22.2. The molecule has 0 aliphatic carbocycles. The van der Waals surface area contributed by atoms with Crippen LogP contribution < -0.4 is 10.6 Å². The maximum atomic E-state index is 12.2. The van der Waals surface area contributed by atoms with Crippen molar-refractivity contribution in [2.24, 2.45) is 9.98 Å². The van der Waals surface area contributed by atoms with Gasteiger partial charge in [0.05, 0.1) is 37.4 Å². The molecule has 0 radical (unpaired) electrons. The highest BCUT2D eigenvalue weighted by molar-refractivity contribution is 5.93. The molecule has 44 heavy (non-hydrogen) atoms. The number of rotatable bonds is 24. The molecule has 0 bridgehead atoms. The number of carbonyl (C=O) groups excluding carboxylic acids is 6. The number of hydrogen-bond donors (Lipinski definition) is 2. The molecule has 2 amide bonds. The Morgan fingerprint density at radius 3 is 1.41 bits per heavy atom. The number of ether oxygens (including phenoxy) is 5. The maximum absolute atomic E-state index is 12.2. The summed E-state index contributed by atoms with van der Waals surface area (Å²) in [6, 6.07) is 5.67.